The van der Waals surface area contributed by atoms with Gasteiger partial charge in [0, 0.05) is 0 Å². The standard InChI is InChI=1S/C17H18/c1-3-14-9-11-15(12-10-14)13-17-8-6-5-7-16(17)4-2/h3,5-12H,1,4,13H2,2H3. The first-order chi connectivity index (χ1) is 8.33. The van der Waals surface area contributed by atoms with Gasteiger partial charge in [0.05, 0.1) is 0 Å². The van der Waals surface area contributed by atoms with E-state index in [2.05, 4.69) is 62.0 Å². The van der Waals surface area contributed by atoms with E-state index in [-0.39, 0.29) is 0 Å². The van der Waals surface area contributed by atoms with Crippen molar-refractivity contribution in [1.82, 2.24) is 0 Å². The summed E-state index contributed by atoms with van der Waals surface area (Å²) in [6.45, 7) is 5.98. The van der Waals surface area contributed by atoms with Crippen LogP contribution in [0, 0.1) is 0 Å². The van der Waals surface area contributed by atoms with Gasteiger partial charge in [0.15, 0.2) is 0 Å². The second-order valence-corrected chi connectivity index (χ2v) is 4.24. The summed E-state index contributed by atoms with van der Waals surface area (Å²) in [7, 11) is 0. The first kappa shape index (κ1) is 11.7. The van der Waals surface area contributed by atoms with E-state index in [1.807, 2.05) is 6.08 Å². The van der Waals surface area contributed by atoms with Crippen LogP contribution in [0.3, 0.4) is 0 Å². The summed E-state index contributed by atoms with van der Waals surface area (Å²) in [5.74, 6) is 0. The predicted molar refractivity (Wildman–Crippen MR) is 75.2 cm³/mol. The molecule has 17 heavy (non-hydrogen) atoms. The molecule has 0 heterocycles. The maximum Gasteiger partial charge on any atom is -0.00230 e. The molecule has 0 atom stereocenters. The van der Waals surface area contributed by atoms with Crippen molar-refractivity contribution in [3.63, 3.8) is 0 Å². The van der Waals surface area contributed by atoms with E-state index in [1.54, 1.807) is 0 Å². The van der Waals surface area contributed by atoms with Crippen molar-refractivity contribution >= 4 is 6.08 Å². The summed E-state index contributed by atoms with van der Waals surface area (Å²) in [5.41, 5.74) is 5.41. The minimum Gasteiger partial charge on any atom is -0.0985 e. The molecule has 0 bridgehead atoms. The fourth-order valence-corrected chi connectivity index (χ4v) is 2.07. The normalized spacial score (nSPS) is 10.2. The van der Waals surface area contributed by atoms with E-state index in [1.165, 1.54) is 22.3 Å². The predicted octanol–water partition coefficient (Wildman–Crippen LogP) is 4.48. The van der Waals surface area contributed by atoms with Gasteiger partial charge in [-0.3, -0.25) is 0 Å². The lowest BCUT2D eigenvalue weighted by molar-refractivity contribution is 1.06. The Kier molecular flexibility index (Phi) is 3.77. The van der Waals surface area contributed by atoms with Crippen LogP contribution in [-0.2, 0) is 12.8 Å². The van der Waals surface area contributed by atoms with Crippen LogP contribution >= 0.6 is 0 Å². The highest BCUT2D eigenvalue weighted by Crippen LogP contribution is 2.15. The zero-order valence-corrected chi connectivity index (χ0v) is 10.3. The number of hydrogen-bond donors (Lipinski definition) is 0. The minimum atomic E-state index is 1.02. The Labute approximate surface area is 104 Å². The number of rotatable bonds is 4. The Balaban J connectivity index is 2.21. The Morgan fingerprint density at radius 2 is 1.59 bits per heavy atom. The molecule has 2 aromatic carbocycles. The van der Waals surface area contributed by atoms with Gasteiger partial charge in [0.2, 0.25) is 0 Å². The van der Waals surface area contributed by atoms with E-state index >= 15 is 0 Å². The summed E-state index contributed by atoms with van der Waals surface area (Å²) >= 11 is 0. The lowest BCUT2D eigenvalue weighted by Gasteiger charge is -2.07. The largest absolute Gasteiger partial charge is 0.0985 e. The molecule has 0 saturated heterocycles. The molecule has 0 N–H and O–H groups in total. The van der Waals surface area contributed by atoms with Crippen LogP contribution in [0.1, 0.15) is 29.2 Å². The Hall–Kier alpha value is -1.82. The van der Waals surface area contributed by atoms with Crippen molar-refractivity contribution in [3.8, 4) is 0 Å². The second kappa shape index (κ2) is 5.49. The third kappa shape index (κ3) is 2.85. The molecule has 0 aliphatic rings. The maximum absolute atomic E-state index is 3.77. The smallest absolute Gasteiger partial charge is 0.00230 e. The number of aryl methyl sites for hydroxylation is 1. The topological polar surface area (TPSA) is 0 Å². The molecule has 0 radical (unpaired) electrons. The quantitative estimate of drug-likeness (QED) is 0.715. The number of hydrogen-bond acceptors (Lipinski definition) is 0. The molecule has 0 heteroatoms. The average Bonchev–Trinajstić information content (AvgIpc) is 2.40. The first-order valence-electron chi connectivity index (χ1n) is 6.11. The molecule has 0 aromatic heterocycles. The molecule has 86 valence electrons. The van der Waals surface area contributed by atoms with Crippen molar-refractivity contribution in [2.75, 3.05) is 0 Å². The highest BCUT2D eigenvalue weighted by Gasteiger charge is 2.01. The van der Waals surface area contributed by atoms with Crippen molar-refractivity contribution < 1.29 is 0 Å². The molecule has 2 rings (SSSR count). The second-order valence-electron chi connectivity index (χ2n) is 4.24. The third-order valence-corrected chi connectivity index (χ3v) is 3.11. The highest BCUT2D eigenvalue weighted by atomic mass is 14.1. The van der Waals surface area contributed by atoms with Crippen LogP contribution < -0.4 is 0 Å². The van der Waals surface area contributed by atoms with Crippen LogP contribution in [-0.4, -0.2) is 0 Å². The van der Waals surface area contributed by atoms with Gasteiger partial charge in [-0.15, -0.1) is 0 Å². The Bertz CT molecular complexity index is 492. The molecular weight excluding hydrogens is 204 g/mol. The van der Waals surface area contributed by atoms with Crippen molar-refractivity contribution in [2.24, 2.45) is 0 Å². The fraction of sp³-hybridized carbons (Fsp3) is 0.176. The summed E-state index contributed by atoms with van der Waals surface area (Å²) in [5, 5.41) is 0. The van der Waals surface area contributed by atoms with Gasteiger partial charge in [-0.25, -0.2) is 0 Å². The van der Waals surface area contributed by atoms with Gasteiger partial charge in [-0.2, -0.15) is 0 Å². The van der Waals surface area contributed by atoms with Crippen LogP contribution in [0.4, 0.5) is 0 Å². The molecule has 0 unspecified atom stereocenters. The molecule has 0 aliphatic carbocycles. The summed E-state index contributed by atoms with van der Waals surface area (Å²) in [4.78, 5) is 0. The van der Waals surface area contributed by atoms with E-state index < -0.39 is 0 Å². The van der Waals surface area contributed by atoms with E-state index in [0.717, 1.165) is 12.8 Å². The molecule has 0 spiro atoms. The van der Waals surface area contributed by atoms with Crippen molar-refractivity contribution in [1.29, 1.82) is 0 Å². The van der Waals surface area contributed by atoms with E-state index in [9.17, 15) is 0 Å². The molecular formula is C17H18. The lowest BCUT2D eigenvalue weighted by atomic mass is 9.98. The van der Waals surface area contributed by atoms with Gasteiger partial charge in [-0.05, 0) is 35.1 Å². The van der Waals surface area contributed by atoms with Crippen molar-refractivity contribution in [2.45, 2.75) is 19.8 Å². The van der Waals surface area contributed by atoms with Crippen LogP contribution in [0.25, 0.3) is 6.08 Å². The van der Waals surface area contributed by atoms with Crippen LogP contribution in [0.5, 0.6) is 0 Å². The average molecular weight is 222 g/mol. The van der Waals surface area contributed by atoms with Crippen molar-refractivity contribution in [3.05, 3.63) is 77.4 Å². The van der Waals surface area contributed by atoms with Gasteiger partial charge in [-0.1, -0.05) is 68.1 Å². The van der Waals surface area contributed by atoms with Gasteiger partial charge < -0.3 is 0 Å². The molecule has 0 nitrogen and oxygen atoms in total. The summed E-state index contributed by atoms with van der Waals surface area (Å²) < 4.78 is 0. The molecule has 0 aliphatic heterocycles. The first-order valence-corrected chi connectivity index (χ1v) is 6.11. The molecule has 0 saturated carbocycles. The minimum absolute atomic E-state index is 1.02. The monoisotopic (exact) mass is 222 g/mol. The molecule has 0 amide bonds. The van der Waals surface area contributed by atoms with E-state index in [4.69, 9.17) is 0 Å². The Morgan fingerprint density at radius 3 is 2.18 bits per heavy atom. The van der Waals surface area contributed by atoms with Gasteiger partial charge in [0.25, 0.3) is 0 Å². The summed E-state index contributed by atoms with van der Waals surface area (Å²) in [6.07, 6.45) is 3.99. The fourth-order valence-electron chi connectivity index (χ4n) is 2.07. The molecule has 2 aromatic rings. The van der Waals surface area contributed by atoms with E-state index in [0.29, 0.717) is 0 Å². The zero-order valence-electron chi connectivity index (χ0n) is 10.3. The van der Waals surface area contributed by atoms with Gasteiger partial charge >= 0.3 is 0 Å². The summed E-state index contributed by atoms with van der Waals surface area (Å²) in [6, 6.07) is 17.3. The highest BCUT2D eigenvalue weighted by molar-refractivity contribution is 5.47. The van der Waals surface area contributed by atoms with Crippen LogP contribution in [0.15, 0.2) is 55.1 Å². The number of benzene rings is 2. The van der Waals surface area contributed by atoms with Crippen LogP contribution in [0.2, 0.25) is 0 Å². The lowest BCUT2D eigenvalue weighted by Crippen LogP contribution is -1.94. The zero-order chi connectivity index (χ0) is 12.1. The SMILES string of the molecule is C=Cc1ccc(Cc2ccccc2CC)cc1. The Morgan fingerprint density at radius 1 is 0.941 bits per heavy atom. The molecule has 0 fully saturated rings. The maximum atomic E-state index is 3.77. The van der Waals surface area contributed by atoms with Gasteiger partial charge in [0.1, 0.15) is 0 Å². The third-order valence-electron chi connectivity index (χ3n) is 3.11.